The van der Waals surface area contributed by atoms with Gasteiger partial charge in [0.15, 0.2) is 0 Å². The zero-order valence-electron chi connectivity index (χ0n) is 11.8. The Kier molecular flexibility index (Phi) is 7.40. The lowest BCUT2D eigenvalue weighted by Crippen LogP contribution is -2.11. The average molecular weight is 281 g/mol. The highest BCUT2D eigenvalue weighted by molar-refractivity contribution is 6.18. The fourth-order valence-corrected chi connectivity index (χ4v) is 1.63. The summed E-state index contributed by atoms with van der Waals surface area (Å²) in [5.41, 5.74) is 2.08. The van der Waals surface area contributed by atoms with E-state index in [2.05, 4.69) is 11.8 Å². The van der Waals surface area contributed by atoms with E-state index in [0.29, 0.717) is 25.5 Å². The molecule has 1 rings (SSSR count). The lowest BCUT2D eigenvalue weighted by molar-refractivity contribution is 0.0551. The fourth-order valence-electron chi connectivity index (χ4n) is 1.54. The number of halogens is 1. The molecule has 0 N–H and O–H groups in total. The minimum absolute atomic E-state index is 0.240. The normalized spacial score (nSPS) is 10.2. The summed E-state index contributed by atoms with van der Waals surface area (Å²) >= 11 is 5.58. The van der Waals surface area contributed by atoms with Crippen LogP contribution in [0.1, 0.15) is 31.4 Å². The summed E-state index contributed by atoms with van der Waals surface area (Å²) in [6.45, 7) is 7.22. The molecule has 0 amide bonds. The Balaban J connectivity index is 2.51. The number of alkyl halides is 1. The standard InChI is InChI=1S/C16H21ClO2/c1-13(2)18-10-11-19-16-8-7-15(12-14(16)3)6-4-5-9-17/h7-8,12-13H,5,9-11H2,1-3H3. The lowest BCUT2D eigenvalue weighted by Gasteiger charge is -2.11. The van der Waals surface area contributed by atoms with Gasteiger partial charge in [0.1, 0.15) is 12.4 Å². The van der Waals surface area contributed by atoms with E-state index in [1.54, 1.807) is 0 Å². The molecule has 1 aromatic rings. The van der Waals surface area contributed by atoms with E-state index in [1.807, 2.05) is 39.0 Å². The molecule has 0 atom stereocenters. The highest BCUT2D eigenvalue weighted by Gasteiger charge is 2.00. The van der Waals surface area contributed by atoms with Gasteiger partial charge in [-0.15, -0.1) is 11.6 Å². The van der Waals surface area contributed by atoms with Gasteiger partial charge in [-0.25, -0.2) is 0 Å². The van der Waals surface area contributed by atoms with Crippen LogP contribution in [0.2, 0.25) is 0 Å². The van der Waals surface area contributed by atoms with Crippen molar-refractivity contribution < 1.29 is 9.47 Å². The highest BCUT2D eigenvalue weighted by atomic mass is 35.5. The van der Waals surface area contributed by atoms with Crippen LogP contribution in [-0.4, -0.2) is 25.2 Å². The number of rotatable bonds is 6. The van der Waals surface area contributed by atoms with Gasteiger partial charge in [0, 0.05) is 17.9 Å². The summed E-state index contributed by atoms with van der Waals surface area (Å²) in [7, 11) is 0. The van der Waals surface area contributed by atoms with Crippen molar-refractivity contribution in [1.29, 1.82) is 0 Å². The topological polar surface area (TPSA) is 18.5 Å². The van der Waals surface area contributed by atoms with Crippen molar-refractivity contribution in [3.63, 3.8) is 0 Å². The Morgan fingerprint density at radius 3 is 2.68 bits per heavy atom. The number of benzene rings is 1. The van der Waals surface area contributed by atoms with Crippen molar-refractivity contribution in [3.05, 3.63) is 29.3 Å². The second kappa shape index (κ2) is 8.85. The SMILES string of the molecule is Cc1cc(C#CCCCl)ccc1OCCOC(C)C. The van der Waals surface area contributed by atoms with Crippen LogP contribution in [0, 0.1) is 18.8 Å². The van der Waals surface area contributed by atoms with Crippen LogP contribution in [0.3, 0.4) is 0 Å². The van der Waals surface area contributed by atoms with E-state index in [-0.39, 0.29) is 6.10 Å². The van der Waals surface area contributed by atoms with E-state index in [4.69, 9.17) is 21.1 Å². The number of aryl methyl sites for hydroxylation is 1. The maximum atomic E-state index is 5.67. The second-order valence-corrected chi connectivity index (χ2v) is 4.87. The van der Waals surface area contributed by atoms with Gasteiger partial charge in [0.2, 0.25) is 0 Å². The van der Waals surface area contributed by atoms with Crippen LogP contribution < -0.4 is 4.74 Å². The third-order valence-electron chi connectivity index (χ3n) is 2.42. The van der Waals surface area contributed by atoms with Crippen molar-refractivity contribution in [1.82, 2.24) is 0 Å². The van der Waals surface area contributed by atoms with Gasteiger partial charge in [0.25, 0.3) is 0 Å². The summed E-state index contributed by atoms with van der Waals surface area (Å²) in [4.78, 5) is 0. The first-order chi connectivity index (χ1) is 9.13. The van der Waals surface area contributed by atoms with E-state index < -0.39 is 0 Å². The van der Waals surface area contributed by atoms with Gasteiger partial charge in [-0.3, -0.25) is 0 Å². The molecule has 2 nitrogen and oxygen atoms in total. The quantitative estimate of drug-likeness (QED) is 0.448. The van der Waals surface area contributed by atoms with Gasteiger partial charge in [-0.2, -0.15) is 0 Å². The molecule has 0 aliphatic heterocycles. The second-order valence-electron chi connectivity index (χ2n) is 4.49. The van der Waals surface area contributed by atoms with E-state index >= 15 is 0 Å². The number of hydrogen-bond donors (Lipinski definition) is 0. The van der Waals surface area contributed by atoms with Crippen LogP contribution in [-0.2, 0) is 4.74 Å². The maximum Gasteiger partial charge on any atom is 0.122 e. The Hall–Kier alpha value is -1.17. The van der Waals surface area contributed by atoms with Gasteiger partial charge >= 0.3 is 0 Å². The van der Waals surface area contributed by atoms with E-state index in [0.717, 1.165) is 16.9 Å². The summed E-state index contributed by atoms with van der Waals surface area (Å²) < 4.78 is 11.1. The van der Waals surface area contributed by atoms with E-state index in [9.17, 15) is 0 Å². The van der Waals surface area contributed by atoms with Crippen LogP contribution in [0.25, 0.3) is 0 Å². The van der Waals surface area contributed by atoms with Crippen LogP contribution in [0.4, 0.5) is 0 Å². The summed E-state index contributed by atoms with van der Waals surface area (Å²) in [6, 6.07) is 5.95. The first-order valence-corrected chi connectivity index (χ1v) is 7.07. The van der Waals surface area contributed by atoms with Crippen LogP contribution in [0.5, 0.6) is 5.75 Å². The third-order valence-corrected chi connectivity index (χ3v) is 2.61. The predicted molar refractivity (Wildman–Crippen MR) is 80.0 cm³/mol. The van der Waals surface area contributed by atoms with Crippen LogP contribution in [0.15, 0.2) is 18.2 Å². The molecule has 3 heteroatoms. The van der Waals surface area contributed by atoms with Crippen molar-refractivity contribution >= 4 is 11.6 Å². The molecule has 0 aromatic heterocycles. The molecule has 0 fully saturated rings. The zero-order chi connectivity index (χ0) is 14.1. The Morgan fingerprint density at radius 1 is 1.26 bits per heavy atom. The minimum Gasteiger partial charge on any atom is -0.491 e. The van der Waals surface area contributed by atoms with E-state index in [1.165, 1.54) is 0 Å². The summed E-state index contributed by atoms with van der Waals surface area (Å²) in [6.07, 6.45) is 0.954. The molecule has 104 valence electrons. The molecule has 0 spiro atoms. The Morgan fingerprint density at radius 2 is 2.05 bits per heavy atom. The van der Waals surface area contributed by atoms with Gasteiger partial charge in [-0.05, 0) is 44.5 Å². The smallest absolute Gasteiger partial charge is 0.122 e. The average Bonchev–Trinajstić information content (AvgIpc) is 2.36. The van der Waals surface area contributed by atoms with Gasteiger partial charge in [0.05, 0.1) is 12.7 Å². The number of hydrogen-bond acceptors (Lipinski definition) is 2. The van der Waals surface area contributed by atoms with Gasteiger partial charge < -0.3 is 9.47 Å². The molecule has 0 saturated carbocycles. The number of ether oxygens (including phenoxy) is 2. The molecule has 0 bridgehead atoms. The molecule has 0 heterocycles. The summed E-state index contributed by atoms with van der Waals surface area (Å²) in [5.74, 6) is 7.56. The largest absolute Gasteiger partial charge is 0.491 e. The first kappa shape index (κ1) is 15.9. The third kappa shape index (κ3) is 6.52. The summed E-state index contributed by atoms with van der Waals surface area (Å²) in [5, 5.41) is 0. The van der Waals surface area contributed by atoms with Crippen molar-refractivity contribution in [2.24, 2.45) is 0 Å². The highest BCUT2D eigenvalue weighted by Crippen LogP contribution is 2.18. The molecular formula is C16H21ClO2. The van der Waals surface area contributed by atoms with Gasteiger partial charge in [-0.1, -0.05) is 11.8 Å². The maximum absolute atomic E-state index is 5.67. The Bertz CT molecular complexity index is 444. The first-order valence-electron chi connectivity index (χ1n) is 6.53. The molecule has 1 aromatic carbocycles. The minimum atomic E-state index is 0.240. The van der Waals surface area contributed by atoms with Crippen molar-refractivity contribution in [2.45, 2.75) is 33.3 Å². The lowest BCUT2D eigenvalue weighted by atomic mass is 10.1. The van der Waals surface area contributed by atoms with Crippen molar-refractivity contribution in [3.8, 4) is 17.6 Å². The molecule has 0 unspecified atom stereocenters. The molecule has 0 saturated heterocycles. The molecule has 0 aliphatic rings. The molecular weight excluding hydrogens is 260 g/mol. The Labute approximate surface area is 121 Å². The zero-order valence-corrected chi connectivity index (χ0v) is 12.6. The predicted octanol–water partition coefficient (Wildman–Crippen LogP) is 3.78. The molecule has 0 radical (unpaired) electrons. The van der Waals surface area contributed by atoms with Crippen LogP contribution >= 0.6 is 11.6 Å². The molecule has 19 heavy (non-hydrogen) atoms. The van der Waals surface area contributed by atoms with Crippen molar-refractivity contribution in [2.75, 3.05) is 19.1 Å². The monoisotopic (exact) mass is 280 g/mol. The molecule has 0 aliphatic carbocycles. The fraction of sp³-hybridized carbons (Fsp3) is 0.500.